The Morgan fingerprint density at radius 1 is 1.50 bits per heavy atom. The van der Waals surface area contributed by atoms with Crippen molar-refractivity contribution in [3.63, 3.8) is 0 Å². The number of hydrogen-bond acceptors (Lipinski definition) is 6. The number of amides is 2. The van der Waals surface area contributed by atoms with Crippen molar-refractivity contribution in [3.05, 3.63) is 22.3 Å². The molecule has 2 aliphatic rings. The zero-order valence-electron chi connectivity index (χ0n) is 14.1. The highest BCUT2D eigenvalue weighted by molar-refractivity contribution is 8.01. The number of anilines is 1. The molecule has 0 aromatic carbocycles. The van der Waals surface area contributed by atoms with Gasteiger partial charge in [0, 0.05) is 18.4 Å². The van der Waals surface area contributed by atoms with E-state index < -0.39 is 24.0 Å². The fraction of sp³-hybridized carbons (Fsp3) is 0.500. The van der Waals surface area contributed by atoms with Crippen molar-refractivity contribution in [2.75, 3.05) is 11.1 Å². The Morgan fingerprint density at radius 3 is 2.92 bits per heavy atom. The van der Waals surface area contributed by atoms with Gasteiger partial charge in [0.1, 0.15) is 6.04 Å². The highest BCUT2D eigenvalue weighted by atomic mass is 35.5. The topological polar surface area (TPSA) is 88.6 Å². The minimum atomic E-state index is -1.06. The van der Waals surface area contributed by atoms with Crippen LogP contribution in [-0.4, -0.2) is 50.4 Å². The van der Waals surface area contributed by atoms with E-state index in [1.807, 2.05) is 6.92 Å². The van der Waals surface area contributed by atoms with Gasteiger partial charge in [-0.25, -0.2) is 9.78 Å². The number of ether oxygens (including phenoxy) is 1. The summed E-state index contributed by atoms with van der Waals surface area (Å²) in [5.41, 5.74) is 0. The van der Waals surface area contributed by atoms with E-state index in [1.54, 1.807) is 16.7 Å². The maximum atomic E-state index is 12.5. The maximum Gasteiger partial charge on any atom is 0.330 e. The molecule has 3 atom stereocenters. The molecule has 26 heavy (non-hydrogen) atoms. The van der Waals surface area contributed by atoms with E-state index in [0.29, 0.717) is 23.6 Å². The number of rotatable bonds is 4. The van der Waals surface area contributed by atoms with Crippen LogP contribution in [0.4, 0.5) is 5.82 Å². The maximum absolute atomic E-state index is 12.5. The third-order valence-electron chi connectivity index (χ3n) is 4.43. The number of aromatic nitrogens is 1. The van der Waals surface area contributed by atoms with E-state index in [9.17, 15) is 14.4 Å². The van der Waals surface area contributed by atoms with E-state index >= 15 is 0 Å². The zero-order chi connectivity index (χ0) is 19.1. The molecule has 1 aromatic heterocycles. The standard InChI is InChI=1S/C16H17Cl2N3O4S/c1-8(14(23)20-13-10(18)5-9(17)6-19-13)25-15(24)11-7-26-16(2)4-3-12(22)21(11)16/h5-6,8,11H,3-4,7H2,1-2H3,(H,19,20,23)/t8-,11+,16-/m0/s1. The minimum absolute atomic E-state index is 0.0614. The molecular formula is C16H17Cl2N3O4S. The normalized spacial score (nSPS) is 25.8. The summed E-state index contributed by atoms with van der Waals surface area (Å²) in [6.45, 7) is 3.39. The molecule has 10 heteroatoms. The summed E-state index contributed by atoms with van der Waals surface area (Å²) >= 11 is 13.3. The van der Waals surface area contributed by atoms with Crippen LogP contribution in [0.2, 0.25) is 10.0 Å². The number of carbonyl (C=O) groups excluding carboxylic acids is 3. The Hall–Kier alpha value is -1.51. The van der Waals surface area contributed by atoms with E-state index in [1.165, 1.54) is 19.2 Å². The third-order valence-corrected chi connectivity index (χ3v) is 6.43. The van der Waals surface area contributed by atoms with Crippen LogP contribution in [0.5, 0.6) is 0 Å². The van der Waals surface area contributed by atoms with Gasteiger partial charge >= 0.3 is 5.97 Å². The summed E-state index contributed by atoms with van der Waals surface area (Å²) in [4.78, 5) is 42.0. The second kappa shape index (κ2) is 7.25. The van der Waals surface area contributed by atoms with Crippen LogP contribution in [0.15, 0.2) is 12.3 Å². The van der Waals surface area contributed by atoms with Crippen LogP contribution >= 0.6 is 35.0 Å². The molecule has 7 nitrogen and oxygen atoms in total. The summed E-state index contributed by atoms with van der Waals surface area (Å²) in [7, 11) is 0. The second-order valence-corrected chi connectivity index (χ2v) is 8.66. The zero-order valence-corrected chi connectivity index (χ0v) is 16.5. The lowest BCUT2D eigenvalue weighted by atomic mass is 10.2. The first-order valence-corrected chi connectivity index (χ1v) is 9.74. The Morgan fingerprint density at radius 2 is 2.23 bits per heavy atom. The molecule has 0 aliphatic carbocycles. The first-order valence-electron chi connectivity index (χ1n) is 8.00. The van der Waals surface area contributed by atoms with Gasteiger partial charge in [0.15, 0.2) is 11.9 Å². The molecule has 2 fully saturated rings. The monoisotopic (exact) mass is 417 g/mol. The number of fused-ring (bicyclic) bond motifs is 1. The number of pyridine rings is 1. The Kier molecular flexibility index (Phi) is 5.37. The van der Waals surface area contributed by atoms with Gasteiger partial charge in [-0.1, -0.05) is 23.2 Å². The van der Waals surface area contributed by atoms with Crippen molar-refractivity contribution < 1.29 is 19.1 Å². The molecule has 0 unspecified atom stereocenters. The lowest BCUT2D eigenvalue weighted by molar-refractivity contribution is -0.160. The lowest BCUT2D eigenvalue weighted by Crippen LogP contribution is -2.48. The first-order chi connectivity index (χ1) is 12.2. The first kappa shape index (κ1) is 19.3. The van der Waals surface area contributed by atoms with Crippen LogP contribution in [0.1, 0.15) is 26.7 Å². The predicted octanol–water partition coefficient (Wildman–Crippen LogP) is 2.71. The highest BCUT2D eigenvalue weighted by Gasteiger charge is 2.53. The highest BCUT2D eigenvalue weighted by Crippen LogP contribution is 2.47. The van der Waals surface area contributed by atoms with Crippen molar-refractivity contribution in [3.8, 4) is 0 Å². The largest absolute Gasteiger partial charge is 0.451 e. The number of thioether (sulfide) groups is 1. The van der Waals surface area contributed by atoms with Gasteiger partial charge in [-0.15, -0.1) is 11.8 Å². The molecule has 2 aliphatic heterocycles. The summed E-state index contributed by atoms with van der Waals surface area (Å²) in [5.74, 6) is -0.637. The van der Waals surface area contributed by atoms with Gasteiger partial charge in [-0.05, 0) is 26.3 Å². The van der Waals surface area contributed by atoms with Crippen molar-refractivity contribution in [2.45, 2.75) is 43.7 Å². The van der Waals surface area contributed by atoms with Crippen LogP contribution in [0.3, 0.4) is 0 Å². The number of halogens is 2. The molecule has 0 saturated carbocycles. The van der Waals surface area contributed by atoms with Gasteiger partial charge in [0.05, 0.1) is 14.9 Å². The van der Waals surface area contributed by atoms with Crippen LogP contribution in [0.25, 0.3) is 0 Å². The molecular weight excluding hydrogens is 401 g/mol. The number of nitrogens with one attached hydrogen (secondary N) is 1. The molecule has 0 radical (unpaired) electrons. The van der Waals surface area contributed by atoms with E-state index in [2.05, 4.69) is 10.3 Å². The smallest absolute Gasteiger partial charge is 0.330 e. The van der Waals surface area contributed by atoms with Crippen molar-refractivity contribution in [1.82, 2.24) is 9.88 Å². The lowest BCUT2D eigenvalue weighted by Gasteiger charge is -2.29. The molecule has 3 heterocycles. The average Bonchev–Trinajstić information content (AvgIpc) is 3.06. The Bertz CT molecular complexity index is 778. The van der Waals surface area contributed by atoms with E-state index in [-0.39, 0.29) is 21.6 Å². The number of carbonyl (C=O) groups is 3. The quantitative estimate of drug-likeness (QED) is 0.757. The number of hydrogen-bond donors (Lipinski definition) is 1. The molecule has 1 aromatic rings. The predicted molar refractivity (Wildman–Crippen MR) is 99.2 cm³/mol. The summed E-state index contributed by atoms with van der Waals surface area (Å²) in [6.07, 6.45) is 1.40. The van der Waals surface area contributed by atoms with E-state index in [0.717, 1.165) is 0 Å². The summed E-state index contributed by atoms with van der Waals surface area (Å²) < 4.78 is 5.28. The second-order valence-electron chi connectivity index (χ2n) is 6.32. The van der Waals surface area contributed by atoms with Crippen molar-refractivity contribution in [1.29, 1.82) is 0 Å². The van der Waals surface area contributed by atoms with E-state index in [4.69, 9.17) is 27.9 Å². The van der Waals surface area contributed by atoms with Crippen molar-refractivity contribution in [2.24, 2.45) is 0 Å². The van der Waals surface area contributed by atoms with Crippen LogP contribution < -0.4 is 5.32 Å². The van der Waals surface area contributed by atoms with Gasteiger partial charge < -0.3 is 15.0 Å². The SMILES string of the molecule is C[C@H](OC(=O)[C@H]1CS[C@@]2(C)CCC(=O)N12)C(=O)Nc1ncc(Cl)cc1Cl. The third kappa shape index (κ3) is 3.63. The fourth-order valence-corrected chi connectivity index (χ4v) is 4.87. The molecule has 2 saturated heterocycles. The van der Waals surface area contributed by atoms with Gasteiger partial charge in [-0.3, -0.25) is 9.59 Å². The Labute approximate surface area is 164 Å². The fourth-order valence-electron chi connectivity index (χ4n) is 3.03. The molecule has 140 valence electrons. The minimum Gasteiger partial charge on any atom is -0.451 e. The van der Waals surface area contributed by atoms with Crippen LogP contribution in [0, 0.1) is 0 Å². The molecule has 2 amide bonds. The molecule has 0 spiro atoms. The van der Waals surface area contributed by atoms with Crippen molar-refractivity contribution >= 4 is 58.6 Å². The van der Waals surface area contributed by atoms with Gasteiger partial charge in [0.25, 0.3) is 5.91 Å². The van der Waals surface area contributed by atoms with Gasteiger partial charge in [-0.2, -0.15) is 0 Å². The number of nitrogens with zero attached hydrogens (tertiary/aromatic N) is 2. The number of esters is 1. The Balaban J connectivity index is 1.62. The van der Waals surface area contributed by atoms with Gasteiger partial charge in [0.2, 0.25) is 5.91 Å². The van der Waals surface area contributed by atoms with Crippen LogP contribution in [-0.2, 0) is 19.1 Å². The molecule has 0 bridgehead atoms. The molecule has 3 rings (SSSR count). The average molecular weight is 418 g/mol. The summed E-state index contributed by atoms with van der Waals surface area (Å²) in [6, 6.07) is 0.769. The summed E-state index contributed by atoms with van der Waals surface area (Å²) in [5, 5.41) is 3.01. The molecule has 1 N–H and O–H groups in total.